The zero-order valence-corrected chi connectivity index (χ0v) is 17.2. The molecule has 0 aromatic heterocycles. The number of methoxy groups -OCH3 is 2. The summed E-state index contributed by atoms with van der Waals surface area (Å²) in [6.07, 6.45) is 1.95. The number of nitrogens with zero attached hydrogens (tertiary/aromatic N) is 4. The van der Waals surface area contributed by atoms with E-state index in [4.69, 9.17) is 9.47 Å². The van der Waals surface area contributed by atoms with Crippen molar-refractivity contribution >= 4 is 17.6 Å². The Labute approximate surface area is 166 Å². The molecule has 2 heterocycles. The number of hydrogen-bond acceptors (Lipinski definition) is 5. The molecule has 0 radical (unpaired) electrons. The summed E-state index contributed by atoms with van der Waals surface area (Å²) in [7, 11) is 7.10. The SMILES string of the molecule is COc1ccc(N2CCN(CC(=O)N(C)C3CCN(C)CC3)C2=O)cc1OC. The van der Waals surface area contributed by atoms with Crippen LogP contribution in [0.1, 0.15) is 12.8 Å². The van der Waals surface area contributed by atoms with Crippen molar-refractivity contribution in [1.82, 2.24) is 14.7 Å². The lowest BCUT2D eigenvalue weighted by molar-refractivity contribution is -0.133. The quantitative estimate of drug-likeness (QED) is 0.737. The van der Waals surface area contributed by atoms with E-state index in [2.05, 4.69) is 11.9 Å². The third-order valence-corrected chi connectivity index (χ3v) is 5.73. The number of carbonyl (C=O) groups excluding carboxylic acids is 2. The van der Waals surface area contributed by atoms with Crippen LogP contribution in [0, 0.1) is 0 Å². The Kier molecular flexibility index (Phi) is 6.28. The van der Waals surface area contributed by atoms with E-state index in [0.29, 0.717) is 24.6 Å². The molecule has 28 heavy (non-hydrogen) atoms. The molecule has 2 fully saturated rings. The van der Waals surface area contributed by atoms with Crippen LogP contribution in [-0.2, 0) is 4.79 Å². The number of anilines is 1. The van der Waals surface area contributed by atoms with E-state index in [9.17, 15) is 9.59 Å². The second-order valence-corrected chi connectivity index (χ2v) is 7.43. The summed E-state index contributed by atoms with van der Waals surface area (Å²) >= 11 is 0. The molecular formula is C20H30N4O4. The lowest BCUT2D eigenvalue weighted by Gasteiger charge is -2.35. The van der Waals surface area contributed by atoms with Crippen molar-refractivity contribution in [3.8, 4) is 11.5 Å². The molecule has 1 aromatic rings. The Hall–Kier alpha value is -2.48. The zero-order chi connectivity index (χ0) is 20.3. The fourth-order valence-electron chi connectivity index (χ4n) is 3.82. The predicted octanol–water partition coefficient (Wildman–Crippen LogP) is 1.50. The highest BCUT2D eigenvalue weighted by Crippen LogP contribution is 2.32. The number of urea groups is 1. The number of amides is 3. The molecule has 0 aliphatic carbocycles. The molecule has 2 saturated heterocycles. The van der Waals surface area contributed by atoms with Gasteiger partial charge in [0.25, 0.3) is 0 Å². The largest absolute Gasteiger partial charge is 0.493 e. The van der Waals surface area contributed by atoms with E-state index in [1.807, 2.05) is 18.0 Å². The molecule has 0 saturated carbocycles. The first kappa shape index (κ1) is 20.3. The van der Waals surface area contributed by atoms with Crippen LogP contribution in [0.25, 0.3) is 0 Å². The molecule has 154 valence electrons. The maximum absolute atomic E-state index is 12.8. The van der Waals surface area contributed by atoms with Crippen LogP contribution in [0.15, 0.2) is 18.2 Å². The van der Waals surface area contributed by atoms with Gasteiger partial charge in [-0.15, -0.1) is 0 Å². The Morgan fingerprint density at radius 2 is 1.79 bits per heavy atom. The fourth-order valence-corrected chi connectivity index (χ4v) is 3.82. The second-order valence-electron chi connectivity index (χ2n) is 7.43. The first-order valence-electron chi connectivity index (χ1n) is 9.67. The van der Waals surface area contributed by atoms with E-state index in [0.717, 1.165) is 31.6 Å². The van der Waals surface area contributed by atoms with Crippen LogP contribution in [0.4, 0.5) is 10.5 Å². The molecule has 0 atom stereocenters. The monoisotopic (exact) mass is 390 g/mol. The molecule has 8 heteroatoms. The number of likely N-dealkylation sites (tertiary alicyclic amines) is 1. The van der Waals surface area contributed by atoms with Crippen molar-refractivity contribution in [2.75, 3.05) is 65.9 Å². The third kappa shape index (κ3) is 4.16. The number of ether oxygens (including phenoxy) is 2. The lowest BCUT2D eigenvalue weighted by atomic mass is 10.0. The Bertz CT molecular complexity index is 718. The van der Waals surface area contributed by atoms with Crippen LogP contribution in [0.3, 0.4) is 0 Å². The molecule has 8 nitrogen and oxygen atoms in total. The van der Waals surface area contributed by atoms with Crippen molar-refractivity contribution in [2.24, 2.45) is 0 Å². The van der Waals surface area contributed by atoms with Crippen molar-refractivity contribution < 1.29 is 19.1 Å². The van der Waals surface area contributed by atoms with Gasteiger partial charge in [-0.3, -0.25) is 9.69 Å². The van der Waals surface area contributed by atoms with Crippen LogP contribution < -0.4 is 14.4 Å². The molecule has 1 aromatic carbocycles. The van der Waals surface area contributed by atoms with Crippen molar-refractivity contribution in [2.45, 2.75) is 18.9 Å². The molecule has 0 spiro atoms. The maximum atomic E-state index is 12.8. The Morgan fingerprint density at radius 1 is 1.11 bits per heavy atom. The number of likely N-dealkylation sites (N-methyl/N-ethyl adjacent to an activating group) is 1. The molecule has 0 N–H and O–H groups in total. The lowest BCUT2D eigenvalue weighted by Crippen LogP contribution is -2.48. The molecule has 2 aliphatic heterocycles. The Balaban J connectivity index is 1.61. The highest BCUT2D eigenvalue weighted by atomic mass is 16.5. The van der Waals surface area contributed by atoms with Crippen molar-refractivity contribution in [3.63, 3.8) is 0 Å². The molecule has 0 unspecified atom stereocenters. The Morgan fingerprint density at radius 3 is 2.43 bits per heavy atom. The molecule has 3 amide bonds. The van der Waals surface area contributed by atoms with Gasteiger partial charge >= 0.3 is 6.03 Å². The van der Waals surface area contributed by atoms with E-state index < -0.39 is 0 Å². The number of piperidine rings is 1. The predicted molar refractivity (Wildman–Crippen MR) is 107 cm³/mol. The first-order valence-corrected chi connectivity index (χ1v) is 9.67. The summed E-state index contributed by atoms with van der Waals surface area (Å²) in [5, 5.41) is 0. The summed E-state index contributed by atoms with van der Waals surface area (Å²) in [4.78, 5) is 32.9. The summed E-state index contributed by atoms with van der Waals surface area (Å²) in [5.74, 6) is 1.19. The molecule has 2 aliphatic rings. The minimum absolute atomic E-state index is 0.00272. The third-order valence-electron chi connectivity index (χ3n) is 5.73. The second kappa shape index (κ2) is 8.68. The summed E-state index contributed by atoms with van der Waals surface area (Å²) < 4.78 is 10.6. The normalized spacial score (nSPS) is 18.5. The van der Waals surface area contributed by atoms with E-state index >= 15 is 0 Å². The van der Waals surface area contributed by atoms with Gasteiger partial charge in [0.15, 0.2) is 11.5 Å². The summed E-state index contributed by atoms with van der Waals surface area (Å²) in [6.45, 7) is 3.18. The van der Waals surface area contributed by atoms with Gasteiger partial charge in [0.05, 0.1) is 14.2 Å². The van der Waals surface area contributed by atoms with Gasteiger partial charge in [-0.25, -0.2) is 4.79 Å². The van der Waals surface area contributed by atoms with Gasteiger partial charge in [-0.1, -0.05) is 0 Å². The summed E-state index contributed by atoms with van der Waals surface area (Å²) in [6, 6.07) is 5.49. The minimum atomic E-state index is -0.155. The minimum Gasteiger partial charge on any atom is -0.493 e. The number of benzene rings is 1. The highest BCUT2D eigenvalue weighted by molar-refractivity contribution is 5.96. The average Bonchev–Trinajstić information content (AvgIpc) is 3.07. The molecule has 0 bridgehead atoms. The van der Waals surface area contributed by atoms with Crippen LogP contribution in [-0.4, -0.2) is 93.7 Å². The molecular weight excluding hydrogens is 360 g/mol. The van der Waals surface area contributed by atoms with Gasteiger partial charge in [0.1, 0.15) is 6.54 Å². The van der Waals surface area contributed by atoms with Crippen LogP contribution in [0.2, 0.25) is 0 Å². The van der Waals surface area contributed by atoms with Gasteiger partial charge < -0.3 is 24.2 Å². The smallest absolute Gasteiger partial charge is 0.325 e. The topological polar surface area (TPSA) is 65.6 Å². The summed E-state index contributed by atoms with van der Waals surface area (Å²) in [5.41, 5.74) is 0.737. The number of rotatable bonds is 6. The van der Waals surface area contributed by atoms with Gasteiger partial charge in [0.2, 0.25) is 5.91 Å². The van der Waals surface area contributed by atoms with Crippen LogP contribution in [0.5, 0.6) is 11.5 Å². The maximum Gasteiger partial charge on any atom is 0.325 e. The fraction of sp³-hybridized carbons (Fsp3) is 0.600. The van der Waals surface area contributed by atoms with Crippen molar-refractivity contribution in [3.05, 3.63) is 18.2 Å². The molecule has 3 rings (SSSR count). The zero-order valence-electron chi connectivity index (χ0n) is 17.2. The van der Waals surface area contributed by atoms with Gasteiger partial charge in [-0.2, -0.15) is 0 Å². The number of carbonyl (C=O) groups is 2. The first-order chi connectivity index (χ1) is 13.4. The van der Waals surface area contributed by atoms with Gasteiger partial charge in [0, 0.05) is 37.9 Å². The van der Waals surface area contributed by atoms with Crippen LogP contribution >= 0.6 is 0 Å². The van der Waals surface area contributed by atoms with Gasteiger partial charge in [-0.05, 0) is 45.1 Å². The number of hydrogen-bond donors (Lipinski definition) is 0. The standard InChI is InChI=1S/C20H30N4O4/c1-21-9-7-15(8-10-21)22(2)19(25)14-23-11-12-24(20(23)26)16-5-6-17(27-3)18(13-16)28-4/h5-6,13,15H,7-12,14H2,1-4H3. The van der Waals surface area contributed by atoms with Crippen molar-refractivity contribution in [1.29, 1.82) is 0 Å². The van der Waals surface area contributed by atoms with E-state index in [1.165, 1.54) is 0 Å². The van der Waals surface area contributed by atoms with E-state index in [1.54, 1.807) is 36.2 Å². The average molecular weight is 390 g/mol. The highest BCUT2D eigenvalue weighted by Gasteiger charge is 2.33. The van der Waals surface area contributed by atoms with E-state index in [-0.39, 0.29) is 24.5 Å².